The van der Waals surface area contributed by atoms with Crippen molar-refractivity contribution in [3.63, 3.8) is 0 Å². The maximum Gasteiger partial charge on any atom is 0.267 e. The van der Waals surface area contributed by atoms with Gasteiger partial charge >= 0.3 is 0 Å². The van der Waals surface area contributed by atoms with Gasteiger partial charge in [-0.1, -0.05) is 11.4 Å². The molecule has 2 atom stereocenters. The van der Waals surface area contributed by atoms with Crippen LogP contribution in [0.4, 0.5) is 0 Å². The van der Waals surface area contributed by atoms with E-state index in [1.807, 2.05) is 11.8 Å². The topological polar surface area (TPSA) is 72.8 Å². The van der Waals surface area contributed by atoms with Crippen LogP contribution in [0.2, 0.25) is 0 Å². The first-order valence-electron chi connectivity index (χ1n) is 9.73. The Morgan fingerprint density at radius 3 is 2.81 bits per heavy atom. The molecule has 2 aliphatic rings. The number of carbonyl (C=O) groups is 1. The summed E-state index contributed by atoms with van der Waals surface area (Å²) >= 11 is 1.19. The molecule has 0 radical (unpaired) electrons. The second-order valence-corrected chi connectivity index (χ2v) is 8.47. The third kappa shape index (κ3) is 4.79. The van der Waals surface area contributed by atoms with Crippen LogP contribution in [0.5, 0.6) is 0 Å². The van der Waals surface area contributed by atoms with Crippen molar-refractivity contribution in [2.75, 3.05) is 59.5 Å². The van der Waals surface area contributed by atoms with E-state index in [-0.39, 0.29) is 18.4 Å². The number of carbonyl (C=O) groups excluding carboxylic acids is 1. The summed E-state index contributed by atoms with van der Waals surface area (Å²) in [6.07, 6.45) is 2.91. The van der Waals surface area contributed by atoms with E-state index >= 15 is 0 Å². The van der Waals surface area contributed by atoms with E-state index in [9.17, 15) is 9.90 Å². The molecule has 1 aromatic rings. The molecule has 0 spiro atoms. The SMILES string of the molecule is CCc1nnsc1C(=O)N1CC(CO)CC(CN2CCCN(C)CC2)C1. The summed E-state index contributed by atoms with van der Waals surface area (Å²) < 4.78 is 3.96. The van der Waals surface area contributed by atoms with Gasteiger partial charge in [0.05, 0.1) is 5.69 Å². The predicted octanol–water partition coefficient (Wildman–Crippen LogP) is 0.809. The summed E-state index contributed by atoms with van der Waals surface area (Å²) in [4.78, 5) is 20.5. The van der Waals surface area contributed by atoms with Crippen LogP contribution in [0.25, 0.3) is 0 Å². The Hall–Kier alpha value is -1.09. The number of piperidine rings is 1. The van der Waals surface area contributed by atoms with Gasteiger partial charge in [-0.25, -0.2) is 0 Å². The van der Waals surface area contributed by atoms with Gasteiger partial charge in [-0.15, -0.1) is 5.10 Å². The van der Waals surface area contributed by atoms with Crippen molar-refractivity contribution in [1.82, 2.24) is 24.3 Å². The molecule has 3 heterocycles. The number of aliphatic hydroxyl groups excluding tert-OH is 1. The zero-order chi connectivity index (χ0) is 18.5. The van der Waals surface area contributed by atoms with E-state index in [1.165, 1.54) is 18.0 Å². The van der Waals surface area contributed by atoms with Gasteiger partial charge in [0.25, 0.3) is 5.91 Å². The molecule has 8 heteroatoms. The third-order valence-corrected chi connectivity index (χ3v) is 6.34. The fourth-order valence-electron chi connectivity index (χ4n) is 4.14. The fraction of sp³-hybridized carbons (Fsp3) is 0.833. The lowest BCUT2D eigenvalue weighted by molar-refractivity contribution is 0.0457. The van der Waals surface area contributed by atoms with E-state index in [4.69, 9.17) is 0 Å². The highest BCUT2D eigenvalue weighted by Gasteiger charge is 2.33. The lowest BCUT2D eigenvalue weighted by atomic mass is 9.89. The van der Waals surface area contributed by atoms with Gasteiger partial charge < -0.3 is 19.8 Å². The maximum absolute atomic E-state index is 13.0. The van der Waals surface area contributed by atoms with Crippen LogP contribution < -0.4 is 0 Å². The molecule has 0 saturated carbocycles. The number of nitrogens with zero attached hydrogens (tertiary/aromatic N) is 5. The molecule has 2 fully saturated rings. The van der Waals surface area contributed by atoms with Crippen LogP contribution in [0.3, 0.4) is 0 Å². The van der Waals surface area contributed by atoms with Crippen LogP contribution in [-0.4, -0.2) is 94.8 Å². The molecule has 2 unspecified atom stereocenters. The maximum atomic E-state index is 13.0. The molecule has 146 valence electrons. The first-order chi connectivity index (χ1) is 12.6. The number of likely N-dealkylation sites (tertiary alicyclic amines) is 1. The average molecular weight is 382 g/mol. The minimum atomic E-state index is 0.0376. The van der Waals surface area contributed by atoms with Crippen LogP contribution in [0, 0.1) is 11.8 Å². The molecule has 1 amide bonds. The van der Waals surface area contributed by atoms with Crippen molar-refractivity contribution in [2.45, 2.75) is 26.2 Å². The van der Waals surface area contributed by atoms with Crippen LogP contribution in [0.1, 0.15) is 35.1 Å². The van der Waals surface area contributed by atoms with Crippen molar-refractivity contribution in [2.24, 2.45) is 11.8 Å². The monoisotopic (exact) mass is 381 g/mol. The smallest absolute Gasteiger partial charge is 0.267 e. The van der Waals surface area contributed by atoms with Crippen LogP contribution in [0.15, 0.2) is 0 Å². The standard InChI is InChI=1S/C18H31N5O2S/c1-3-16-17(26-20-19-16)18(25)23-11-14(9-15(12-23)13-24)10-22-6-4-5-21(2)7-8-22/h14-15,24H,3-13H2,1-2H3. The number of hydrogen-bond donors (Lipinski definition) is 1. The molecule has 0 bridgehead atoms. The number of aryl methyl sites for hydroxylation is 1. The molecule has 1 aromatic heterocycles. The summed E-state index contributed by atoms with van der Waals surface area (Å²) in [5.41, 5.74) is 0.790. The molecular formula is C18H31N5O2S. The van der Waals surface area contributed by atoms with Gasteiger partial charge in [0.15, 0.2) is 0 Å². The first-order valence-corrected chi connectivity index (χ1v) is 10.5. The Kier molecular flexibility index (Phi) is 6.97. The highest BCUT2D eigenvalue weighted by Crippen LogP contribution is 2.26. The molecule has 0 aromatic carbocycles. The minimum absolute atomic E-state index is 0.0376. The van der Waals surface area contributed by atoms with Gasteiger partial charge in [0.2, 0.25) is 0 Å². The van der Waals surface area contributed by atoms with E-state index in [0.717, 1.165) is 57.8 Å². The lowest BCUT2D eigenvalue weighted by Gasteiger charge is -2.39. The highest BCUT2D eigenvalue weighted by molar-refractivity contribution is 7.08. The van der Waals surface area contributed by atoms with Crippen molar-refractivity contribution in [3.8, 4) is 0 Å². The summed E-state index contributed by atoms with van der Waals surface area (Å²) in [6.45, 7) is 9.02. The van der Waals surface area contributed by atoms with Crippen LogP contribution >= 0.6 is 11.5 Å². The number of aliphatic hydroxyl groups is 1. The molecule has 3 rings (SSSR count). The summed E-state index contributed by atoms with van der Waals surface area (Å²) in [6, 6.07) is 0. The Morgan fingerprint density at radius 2 is 2.04 bits per heavy atom. The molecule has 2 saturated heterocycles. The molecule has 0 aliphatic carbocycles. The summed E-state index contributed by atoms with van der Waals surface area (Å²) in [7, 11) is 2.18. The van der Waals surface area contributed by atoms with E-state index in [1.54, 1.807) is 0 Å². The van der Waals surface area contributed by atoms with Gasteiger partial charge in [-0.2, -0.15) is 0 Å². The largest absolute Gasteiger partial charge is 0.396 e. The predicted molar refractivity (Wildman–Crippen MR) is 102 cm³/mol. The van der Waals surface area contributed by atoms with Crippen molar-refractivity contribution >= 4 is 17.4 Å². The van der Waals surface area contributed by atoms with E-state index < -0.39 is 0 Å². The van der Waals surface area contributed by atoms with Gasteiger partial charge in [0, 0.05) is 39.3 Å². The third-order valence-electron chi connectivity index (χ3n) is 5.58. The van der Waals surface area contributed by atoms with Crippen LogP contribution in [-0.2, 0) is 6.42 Å². The quantitative estimate of drug-likeness (QED) is 0.814. The Morgan fingerprint density at radius 1 is 1.23 bits per heavy atom. The van der Waals surface area contributed by atoms with Gasteiger partial charge in [-0.3, -0.25) is 4.79 Å². The molecule has 26 heavy (non-hydrogen) atoms. The Balaban J connectivity index is 1.65. The minimum Gasteiger partial charge on any atom is -0.396 e. The van der Waals surface area contributed by atoms with Gasteiger partial charge in [-0.05, 0) is 62.8 Å². The van der Waals surface area contributed by atoms with Crippen molar-refractivity contribution < 1.29 is 9.90 Å². The Bertz CT molecular complexity index is 596. The average Bonchev–Trinajstić information content (AvgIpc) is 3.04. The highest BCUT2D eigenvalue weighted by atomic mass is 32.1. The second kappa shape index (κ2) is 9.21. The number of hydrogen-bond acceptors (Lipinski definition) is 7. The summed E-state index contributed by atoms with van der Waals surface area (Å²) in [5.74, 6) is 0.619. The zero-order valence-electron chi connectivity index (χ0n) is 15.9. The van der Waals surface area contributed by atoms with E-state index in [2.05, 4.69) is 26.4 Å². The van der Waals surface area contributed by atoms with Crippen molar-refractivity contribution in [1.29, 1.82) is 0 Å². The number of rotatable bonds is 5. The Labute approximate surface area is 160 Å². The normalized spacial score (nSPS) is 26.0. The lowest BCUT2D eigenvalue weighted by Crippen LogP contribution is -2.48. The molecule has 2 aliphatic heterocycles. The molecule has 7 nitrogen and oxygen atoms in total. The fourth-order valence-corrected chi connectivity index (χ4v) is 4.86. The first kappa shape index (κ1) is 19.7. The number of aromatic nitrogens is 2. The van der Waals surface area contributed by atoms with Gasteiger partial charge in [0.1, 0.15) is 4.88 Å². The summed E-state index contributed by atoms with van der Waals surface area (Å²) in [5, 5.41) is 13.8. The molecular weight excluding hydrogens is 350 g/mol. The number of amides is 1. The van der Waals surface area contributed by atoms with Crippen molar-refractivity contribution in [3.05, 3.63) is 10.6 Å². The number of likely N-dealkylation sites (N-methyl/N-ethyl adjacent to an activating group) is 1. The molecule has 1 N–H and O–H groups in total. The second-order valence-electron chi connectivity index (χ2n) is 7.72. The zero-order valence-corrected chi connectivity index (χ0v) is 16.7. The van der Waals surface area contributed by atoms with E-state index in [0.29, 0.717) is 17.3 Å².